The summed E-state index contributed by atoms with van der Waals surface area (Å²) in [7, 11) is 0. The molecule has 0 saturated carbocycles. The summed E-state index contributed by atoms with van der Waals surface area (Å²) in [5.74, 6) is -1.05. The third kappa shape index (κ3) is 6.58. The van der Waals surface area contributed by atoms with Gasteiger partial charge in [-0.1, -0.05) is 53.6 Å². The average molecular weight is 544 g/mol. The summed E-state index contributed by atoms with van der Waals surface area (Å²) in [4.78, 5) is 42.9. The second-order valence-corrected chi connectivity index (χ2v) is 10.0. The molecule has 0 radical (unpaired) electrons. The number of hydrogen-bond acceptors (Lipinski definition) is 5. The first-order chi connectivity index (χ1) is 19.3. The van der Waals surface area contributed by atoms with Crippen molar-refractivity contribution in [2.75, 3.05) is 35.3 Å². The van der Waals surface area contributed by atoms with E-state index in [1.807, 2.05) is 100 Å². The first-order valence-corrected chi connectivity index (χ1v) is 13.6. The summed E-state index contributed by atoms with van der Waals surface area (Å²) >= 11 is 0. The van der Waals surface area contributed by atoms with Gasteiger partial charge in [0.05, 0.1) is 12.0 Å². The van der Waals surface area contributed by atoms with Gasteiger partial charge in [-0.15, -0.1) is 0 Å². The molecule has 210 valence electrons. The monoisotopic (exact) mass is 543 g/mol. The molecule has 3 aromatic rings. The van der Waals surface area contributed by atoms with Gasteiger partial charge in [-0.2, -0.15) is 0 Å². The molecule has 3 amide bonds. The molecule has 0 bridgehead atoms. The highest BCUT2D eigenvalue weighted by Gasteiger charge is 2.53. The van der Waals surface area contributed by atoms with Crippen LogP contribution in [0, 0.1) is 13.8 Å². The van der Waals surface area contributed by atoms with Crippen molar-refractivity contribution in [2.24, 2.45) is 0 Å². The van der Waals surface area contributed by atoms with E-state index >= 15 is 0 Å². The van der Waals surface area contributed by atoms with Gasteiger partial charge in [0.1, 0.15) is 0 Å². The molecule has 40 heavy (non-hydrogen) atoms. The lowest BCUT2D eigenvalue weighted by Gasteiger charge is -2.29. The van der Waals surface area contributed by atoms with Crippen LogP contribution in [-0.4, -0.2) is 43.8 Å². The van der Waals surface area contributed by atoms with Crippen molar-refractivity contribution in [1.82, 2.24) is 0 Å². The Kier molecular flexibility index (Phi) is 9.34. The van der Waals surface area contributed by atoms with Crippen LogP contribution in [0.3, 0.4) is 0 Å². The van der Waals surface area contributed by atoms with E-state index in [9.17, 15) is 14.4 Å². The van der Waals surface area contributed by atoms with Crippen molar-refractivity contribution < 1.29 is 23.9 Å². The molecule has 0 spiro atoms. The van der Waals surface area contributed by atoms with Crippen molar-refractivity contribution in [3.63, 3.8) is 0 Å². The van der Waals surface area contributed by atoms with E-state index in [0.717, 1.165) is 11.1 Å². The third-order valence-electron chi connectivity index (χ3n) is 7.00. The minimum atomic E-state index is -1.41. The zero-order chi connectivity index (χ0) is 28.7. The number of nitrogens with one attached hydrogen (secondary N) is 2. The van der Waals surface area contributed by atoms with Crippen LogP contribution in [0.5, 0.6) is 0 Å². The van der Waals surface area contributed by atoms with E-state index in [1.165, 1.54) is 0 Å². The van der Waals surface area contributed by atoms with Crippen molar-refractivity contribution in [1.29, 1.82) is 0 Å². The van der Waals surface area contributed by atoms with Crippen LogP contribution in [0.4, 0.5) is 17.1 Å². The first kappa shape index (κ1) is 29.0. The molecule has 1 heterocycles. The van der Waals surface area contributed by atoms with E-state index in [-0.39, 0.29) is 37.1 Å². The highest BCUT2D eigenvalue weighted by molar-refractivity contribution is 6.13. The molecular weight excluding hydrogens is 506 g/mol. The smallest absolute Gasteiger partial charge is 0.238 e. The number of para-hydroxylation sites is 1. The summed E-state index contributed by atoms with van der Waals surface area (Å²) < 4.78 is 11.5. The van der Waals surface area contributed by atoms with Gasteiger partial charge in [0.25, 0.3) is 0 Å². The maximum Gasteiger partial charge on any atom is 0.238 e. The van der Waals surface area contributed by atoms with Crippen LogP contribution in [-0.2, 0) is 29.3 Å². The fourth-order valence-electron chi connectivity index (χ4n) is 5.09. The van der Waals surface area contributed by atoms with E-state index in [1.54, 1.807) is 4.90 Å². The number of carbonyl (C=O) groups is 3. The van der Waals surface area contributed by atoms with Crippen LogP contribution >= 0.6 is 0 Å². The van der Waals surface area contributed by atoms with Crippen LogP contribution in [0.15, 0.2) is 72.8 Å². The van der Waals surface area contributed by atoms with Crippen molar-refractivity contribution in [3.05, 3.63) is 89.5 Å². The number of amides is 3. The molecule has 4 rings (SSSR count). The third-order valence-corrected chi connectivity index (χ3v) is 7.00. The molecule has 8 heteroatoms. The van der Waals surface area contributed by atoms with Crippen molar-refractivity contribution in [3.8, 4) is 0 Å². The van der Waals surface area contributed by atoms with Gasteiger partial charge >= 0.3 is 0 Å². The van der Waals surface area contributed by atoms with Crippen LogP contribution in [0.1, 0.15) is 43.4 Å². The Morgan fingerprint density at radius 1 is 0.775 bits per heavy atom. The largest absolute Gasteiger partial charge is 0.351 e. The molecule has 2 N–H and O–H groups in total. The Morgan fingerprint density at radius 2 is 1.25 bits per heavy atom. The summed E-state index contributed by atoms with van der Waals surface area (Å²) in [5, 5.41) is 5.81. The van der Waals surface area contributed by atoms with Gasteiger partial charge in [0.2, 0.25) is 17.7 Å². The highest BCUT2D eigenvalue weighted by atomic mass is 16.7. The fourth-order valence-corrected chi connectivity index (χ4v) is 5.09. The van der Waals surface area contributed by atoms with Crippen molar-refractivity contribution in [2.45, 2.75) is 52.2 Å². The maximum absolute atomic E-state index is 14.3. The van der Waals surface area contributed by atoms with Gasteiger partial charge < -0.3 is 25.0 Å². The molecule has 3 aromatic carbocycles. The Hall–Kier alpha value is -4.01. The lowest BCUT2D eigenvalue weighted by molar-refractivity contribution is -0.138. The van der Waals surface area contributed by atoms with E-state index < -0.39 is 11.7 Å². The molecule has 0 unspecified atom stereocenters. The summed E-state index contributed by atoms with van der Waals surface area (Å²) in [5.41, 5.74) is 3.24. The van der Waals surface area contributed by atoms with Gasteiger partial charge in [-0.3, -0.25) is 14.4 Å². The highest BCUT2D eigenvalue weighted by Crippen LogP contribution is 2.47. The molecule has 1 aliphatic rings. The van der Waals surface area contributed by atoms with Gasteiger partial charge in [-0.05, 0) is 63.6 Å². The number of fused-ring (bicyclic) bond motifs is 1. The number of ether oxygens (including phenoxy) is 2. The molecule has 8 nitrogen and oxygen atoms in total. The molecule has 1 aliphatic heterocycles. The van der Waals surface area contributed by atoms with Gasteiger partial charge in [0, 0.05) is 43.1 Å². The van der Waals surface area contributed by atoms with Crippen molar-refractivity contribution >= 4 is 34.8 Å². The molecule has 0 aliphatic carbocycles. The standard InChI is InChI=1S/C32H37N3O5/c1-5-39-30(40-6-2)21-35-27-10-8-7-9-26(27)32(31(35)38,19-28(36)33-24-15-11-22(3)12-16-24)20-29(37)34-25-17-13-23(4)14-18-25/h7-18,30H,5-6,19-21H2,1-4H3,(H,33,36)(H,34,37). The number of nitrogens with zero attached hydrogens (tertiary/aromatic N) is 1. The lowest BCUT2D eigenvalue weighted by atomic mass is 9.75. The van der Waals surface area contributed by atoms with Crippen LogP contribution in [0.2, 0.25) is 0 Å². The van der Waals surface area contributed by atoms with Crippen LogP contribution < -0.4 is 15.5 Å². The number of rotatable bonds is 12. The minimum absolute atomic E-state index is 0.137. The quantitative estimate of drug-likeness (QED) is 0.301. The zero-order valence-electron chi connectivity index (χ0n) is 23.5. The first-order valence-electron chi connectivity index (χ1n) is 13.6. The van der Waals surface area contributed by atoms with Gasteiger partial charge in [-0.25, -0.2) is 0 Å². The predicted molar refractivity (Wildman–Crippen MR) is 156 cm³/mol. The average Bonchev–Trinajstić information content (AvgIpc) is 3.14. The zero-order valence-corrected chi connectivity index (χ0v) is 23.5. The van der Waals surface area contributed by atoms with E-state index in [2.05, 4.69) is 10.6 Å². The molecule has 0 saturated heterocycles. The Balaban J connectivity index is 1.69. The number of anilines is 3. The normalized spacial score (nSPS) is 13.8. The molecular formula is C32H37N3O5. The van der Waals surface area contributed by atoms with E-state index in [0.29, 0.717) is 35.8 Å². The topological polar surface area (TPSA) is 97.0 Å². The SMILES string of the molecule is CCOC(CN1C(=O)C(CC(=O)Nc2ccc(C)cc2)(CC(=O)Nc2ccc(C)cc2)c2ccccc21)OCC. The number of hydrogen-bond donors (Lipinski definition) is 2. The molecule has 0 fully saturated rings. The Morgan fingerprint density at radius 3 is 1.73 bits per heavy atom. The second kappa shape index (κ2) is 12.9. The predicted octanol–water partition coefficient (Wildman–Crippen LogP) is 5.34. The summed E-state index contributed by atoms with van der Waals surface area (Å²) in [6.45, 7) is 8.62. The summed E-state index contributed by atoms with van der Waals surface area (Å²) in [6.07, 6.45) is -1.06. The molecule has 0 atom stereocenters. The summed E-state index contributed by atoms with van der Waals surface area (Å²) in [6, 6.07) is 22.2. The Bertz CT molecular complexity index is 1270. The van der Waals surface area contributed by atoms with E-state index in [4.69, 9.17) is 9.47 Å². The number of benzene rings is 3. The lowest BCUT2D eigenvalue weighted by Crippen LogP contribution is -2.47. The minimum Gasteiger partial charge on any atom is -0.351 e. The maximum atomic E-state index is 14.3. The number of aryl methyl sites for hydroxylation is 2. The Labute approximate surface area is 235 Å². The van der Waals surface area contributed by atoms with Gasteiger partial charge in [0.15, 0.2) is 6.29 Å². The number of carbonyl (C=O) groups excluding carboxylic acids is 3. The molecule has 0 aromatic heterocycles. The second-order valence-electron chi connectivity index (χ2n) is 10.0. The fraction of sp³-hybridized carbons (Fsp3) is 0.344. The van der Waals surface area contributed by atoms with Crippen LogP contribution in [0.25, 0.3) is 0 Å².